The molecule has 1 aromatic carbocycles. The Labute approximate surface area is 185 Å². The van der Waals surface area contributed by atoms with Crippen LogP contribution in [-0.4, -0.2) is 44.1 Å². The van der Waals surface area contributed by atoms with Gasteiger partial charge in [0.15, 0.2) is 0 Å². The number of nitrogens with one attached hydrogen (secondary N) is 1. The van der Waals surface area contributed by atoms with Crippen molar-refractivity contribution in [1.29, 1.82) is 0 Å². The van der Waals surface area contributed by atoms with Crippen LogP contribution in [0.1, 0.15) is 63.5 Å². The van der Waals surface area contributed by atoms with Crippen LogP contribution >= 0.6 is 0 Å². The fraction of sp³-hybridized carbons (Fsp3) is 0.292. The van der Waals surface area contributed by atoms with Crippen LogP contribution in [0.25, 0.3) is 0 Å². The van der Waals surface area contributed by atoms with Crippen molar-refractivity contribution in [2.75, 3.05) is 0 Å². The molecule has 0 radical (unpaired) electrons. The van der Waals surface area contributed by atoms with Gasteiger partial charge in [-0.25, -0.2) is 4.98 Å². The molecule has 0 bridgehead atoms. The van der Waals surface area contributed by atoms with Gasteiger partial charge in [0, 0.05) is 31.9 Å². The highest BCUT2D eigenvalue weighted by molar-refractivity contribution is 6.24. The molecule has 1 fully saturated rings. The lowest BCUT2D eigenvalue weighted by atomic mass is 10.0. The topological polar surface area (TPSA) is 101 Å². The Morgan fingerprint density at radius 2 is 2.03 bits per heavy atom. The minimum atomic E-state index is -0.994. The van der Waals surface area contributed by atoms with E-state index in [1.54, 1.807) is 24.4 Å². The number of carbonyl (C=O) groups excluding carboxylic acids is 4. The molecule has 1 aromatic heterocycles. The first-order valence-electron chi connectivity index (χ1n) is 10.2. The zero-order valence-corrected chi connectivity index (χ0v) is 17.5. The Morgan fingerprint density at radius 3 is 2.75 bits per heavy atom. The van der Waals surface area contributed by atoms with Crippen molar-refractivity contribution in [3.63, 3.8) is 0 Å². The molecule has 2 aliphatic rings. The summed E-state index contributed by atoms with van der Waals surface area (Å²) < 4.78 is 1.87. The van der Waals surface area contributed by atoms with E-state index in [1.807, 2.05) is 11.6 Å². The van der Waals surface area contributed by atoms with Crippen LogP contribution in [0.15, 0.2) is 24.4 Å². The lowest BCUT2D eigenvalue weighted by Crippen LogP contribution is -2.54. The second-order valence-corrected chi connectivity index (χ2v) is 7.59. The molecule has 0 spiro atoms. The van der Waals surface area contributed by atoms with Crippen LogP contribution in [0.3, 0.4) is 0 Å². The molecule has 32 heavy (non-hydrogen) atoms. The molecule has 3 heterocycles. The van der Waals surface area contributed by atoms with E-state index in [-0.39, 0.29) is 24.0 Å². The molecule has 0 saturated carbocycles. The van der Waals surface area contributed by atoms with Gasteiger partial charge in [0.25, 0.3) is 11.8 Å². The van der Waals surface area contributed by atoms with Gasteiger partial charge in [-0.1, -0.05) is 23.8 Å². The van der Waals surface area contributed by atoms with Gasteiger partial charge < -0.3 is 4.57 Å². The van der Waals surface area contributed by atoms with E-state index in [2.05, 4.69) is 28.1 Å². The van der Waals surface area contributed by atoms with E-state index in [9.17, 15) is 19.2 Å². The van der Waals surface area contributed by atoms with Crippen LogP contribution in [0, 0.1) is 24.2 Å². The predicted molar refractivity (Wildman–Crippen MR) is 114 cm³/mol. The number of benzene rings is 1. The van der Waals surface area contributed by atoms with Crippen molar-refractivity contribution < 1.29 is 19.2 Å². The van der Waals surface area contributed by atoms with Crippen molar-refractivity contribution in [2.45, 2.75) is 38.1 Å². The number of terminal acetylenes is 1. The normalized spacial score (nSPS) is 17.5. The Bertz CT molecular complexity index is 1260. The largest absolute Gasteiger partial charge is 0.325 e. The van der Waals surface area contributed by atoms with E-state index in [1.165, 1.54) is 0 Å². The number of imide groups is 2. The van der Waals surface area contributed by atoms with Gasteiger partial charge in [0.2, 0.25) is 11.8 Å². The lowest BCUT2D eigenvalue weighted by Gasteiger charge is -2.27. The highest BCUT2D eigenvalue weighted by Crippen LogP contribution is 2.29. The number of unbranched alkanes of at least 4 members (excludes halogenated alkanes) is 1. The number of piperidine rings is 1. The summed E-state index contributed by atoms with van der Waals surface area (Å²) in [5, 5.41) is 2.19. The maximum atomic E-state index is 13.0. The first kappa shape index (κ1) is 21.1. The summed E-state index contributed by atoms with van der Waals surface area (Å²) in [7, 11) is 1.87. The summed E-state index contributed by atoms with van der Waals surface area (Å²) in [5.74, 6) is 7.35. The summed E-state index contributed by atoms with van der Waals surface area (Å²) in [5.41, 5.74) is 1.59. The van der Waals surface area contributed by atoms with Crippen LogP contribution in [-0.2, 0) is 23.1 Å². The van der Waals surface area contributed by atoms with Crippen LogP contribution in [0.4, 0.5) is 0 Å². The van der Waals surface area contributed by atoms with Crippen LogP contribution in [0.2, 0.25) is 0 Å². The van der Waals surface area contributed by atoms with Crippen molar-refractivity contribution in [2.24, 2.45) is 7.05 Å². The molecule has 2 aliphatic heterocycles. The monoisotopic (exact) mass is 428 g/mol. The molecule has 2 aromatic rings. The number of amides is 4. The maximum Gasteiger partial charge on any atom is 0.263 e. The van der Waals surface area contributed by atoms with Gasteiger partial charge in [-0.15, -0.1) is 6.42 Å². The zero-order valence-electron chi connectivity index (χ0n) is 17.5. The minimum absolute atomic E-state index is 0.0787. The molecule has 8 heteroatoms. The smallest absolute Gasteiger partial charge is 0.263 e. The molecular weight excluding hydrogens is 408 g/mol. The van der Waals surface area contributed by atoms with Crippen LogP contribution in [0.5, 0.6) is 0 Å². The van der Waals surface area contributed by atoms with Crippen molar-refractivity contribution in [3.05, 3.63) is 52.6 Å². The third kappa shape index (κ3) is 3.67. The van der Waals surface area contributed by atoms with Crippen molar-refractivity contribution in [3.8, 4) is 24.2 Å². The Hall–Kier alpha value is -4.17. The van der Waals surface area contributed by atoms with E-state index in [0.29, 0.717) is 18.4 Å². The molecule has 0 aliphatic carbocycles. The van der Waals surface area contributed by atoms with Gasteiger partial charge in [0.1, 0.15) is 17.6 Å². The summed E-state index contributed by atoms with van der Waals surface area (Å²) in [6, 6.07) is 3.91. The molecule has 4 rings (SSSR count). The first-order chi connectivity index (χ1) is 15.4. The quantitative estimate of drug-likeness (QED) is 0.448. The van der Waals surface area contributed by atoms with Crippen LogP contribution < -0.4 is 5.32 Å². The number of aromatic nitrogens is 2. The number of hydrogen-bond donors (Lipinski definition) is 1. The van der Waals surface area contributed by atoms with Crippen molar-refractivity contribution >= 4 is 23.6 Å². The van der Waals surface area contributed by atoms with E-state index in [4.69, 9.17) is 6.42 Å². The van der Waals surface area contributed by atoms with E-state index < -0.39 is 29.7 Å². The number of imidazole rings is 1. The molecule has 8 nitrogen and oxygen atoms in total. The summed E-state index contributed by atoms with van der Waals surface area (Å²) in [6.45, 7) is 0. The Kier molecular flexibility index (Phi) is 5.61. The number of rotatable bonds is 4. The van der Waals surface area contributed by atoms with Crippen molar-refractivity contribution in [1.82, 2.24) is 19.8 Å². The molecule has 160 valence electrons. The lowest BCUT2D eigenvalue weighted by molar-refractivity contribution is -0.136. The van der Waals surface area contributed by atoms with Gasteiger partial charge in [-0.3, -0.25) is 29.4 Å². The standard InChI is InChI=1S/C24H20N4O4/c1-3-16-14-25-19(27(16)2)11-6-4-5-8-15-9-7-10-17-21(15)24(32)28(23(17)31)18-12-13-20(29)26-22(18)30/h1,7,9-10,14,18H,4,6,11-13H2,2H3,(H,26,29,30). The first-order valence-corrected chi connectivity index (χ1v) is 10.2. The fourth-order valence-electron chi connectivity index (χ4n) is 3.93. The average molecular weight is 428 g/mol. The third-order valence-corrected chi connectivity index (χ3v) is 5.63. The predicted octanol–water partition coefficient (Wildman–Crippen LogP) is 1.18. The third-order valence-electron chi connectivity index (χ3n) is 5.63. The maximum absolute atomic E-state index is 13.0. The fourth-order valence-corrected chi connectivity index (χ4v) is 3.93. The van der Waals surface area contributed by atoms with Gasteiger partial charge in [-0.05, 0) is 25.0 Å². The molecular formula is C24H20N4O4. The molecule has 1 N–H and O–H groups in total. The van der Waals surface area contributed by atoms with Gasteiger partial charge in [-0.2, -0.15) is 0 Å². The van der Waals surface area contributed by atoms with Gasteiger partial charge in [0.05, 0.1) is 17.3 Å². The molecule has 4 amide bonds. The number of fused-ring (bicyclic) bond motifs is 1. The highest BCUT2D eigenvalue weighted by Gasteiger charge is 2.45. The van der Waals surface area contributed by atoms with Gasteiger partial charge >= 0.3 is 0 Å². The summed E-state index contributed by atoms with van der Waals surface area (Å²) >= 11 is 0. The Balaban J connectivity index is 1.48. The minimum Gasteiger partial charge on any atom is -0.325 e. The number of hydrogen-bond acceptors (Lipinski definition) is 5. The average Bonchev–Trinajstić information content (AvgIpc) is 3.25. The Morgan fingerprint density at radius 1 is 1.22 bits per heavy atom. The SMILES string of the molecule is C#Cc1cnc(CCCC#Cc2cccc3c2C(=O)N(C2CCC(=O)NC2=O)C3=O)n1C. The molecule has 1 unspecified atom stereocenters. The highest BCUT2D eigenvalue weighted by atomic mass is 16.2. The van der Waals surface area contributed by atoms with E-state index in [0.717, 1.165) is 22.8 Å². The number of nitrogens with zero attached hydrogens (tertiary/aromatic N) is 3. The zero-order chi connectivity index (χ0) is 22.8. The second kappa shape index (κ2) is 8.52. The number of carbonyl (C=O) groups is 4. The summed E-state index contributed by atoms with van der Waals surface area (Å²) in [6.07, 6.45) is 9.30. The molecule has 1 saturated heterocycles. The number of aryl methyl sites for hydroxylation is 1. The van der Waals surface area contributed by atoms with E-state index >= 15 is 0 Å². The second-order valence-electron chi connectivity index (χ2n) is 7.59. The summed E-state index contributed by atoms with van der Waals surface area (Å²) in [4.78, 5) is 54.8. The molecule has 1 atom stereocenters.